The van der Waals surface area contributed by atoms with Crippen LogP contribution in [0.15, 0.2) is 124 Å². The van der Waals surface area contributed by atoms with E-state index in [0.717, 1.165) is 53.0 Å². The van der Waals surface area contributed by atoms with Gasteiger partial charge in [-0.05, 0) is 59.5 Å². The van der Waals surface area contributed by atoms with Crippen molar-refractivity contribution in [2.24, 2.45) is 15.0 Å². The van der Waals surface area contributed by atoms with Crippen LogP contribution < -0.4 is 38.4 Å². The summed E-state index contributed by atoms with van der Waals surface area (Å²) in [5.74, 6) is 1.80. The Balaban J connectivity index is 0.000000204. The van der Waals surface area contributed by atoms with Crippen LogP contribution >= 0.6 is 45.2 Å². The molecule has 6 aliphatic heterocycles. The zero-order chi connectivity index (χ0) is 51.5. The monoisotopic (exact) mass is 1230 g/mol. The second-order valence-corrected chi connectivity index (χ2v) is 20.1. The van der Waals surface area contributed by atoms with Gasteiger partial charge in [-0.25, -0.2) is 0 Å². The Kier molecular flexibility index (Phi) is 16.4. The molecule has 0 saturated heterocycles. The molecule has 1 N–H and O–H groups in total. The standard InChI is InChI=1S/C37H32N4O6.C17H14N2O3.C3H6I2.CH4/c1-44-32-16-26-28(38-20-24-14-22-8-3-5-10-30(22)40(24)36(26)42)18-34(32)46-12-7-13-47-35-19-29-27(17-33(35)45-2)37(43)41-25(21-39-29)15-23-9-4-6-11-31(23)41;1-22-16-7-12-13(8-15(16)20)18-9-11-6-10-4-2-3-5-14(10)19(11)17(12)21;4-2-1-3-5;/h3-6,8-11,16-21,24-25H,7,12-15H2,1-2H3;2-5,7-9,11,20H,6H2,1H3;1-3H2;1H4/t24-,25-;11-;;/m00../s1. The number of para-hydroxylation sites is 3. The van der Waals surface area contributed by atoms with Crippen molar-refractivity contribution in [3.8, 4) is 34.5 Å². The lowest BCUT2D eigenvalue weighted by Gasteiger charge is -2.22. The van der Waals surface area contributed by atoms with Crippen molar-refractivity contribution in [1.29, 1.82) is 0 Å². The molecule has 0 aliphatic carbocycles. The Hall–Kier alpha value is -7.00. The predicted molar refractivity (Wildman–Crippen MR) is 312 cm³/mol. The minimum atomic E-state index is -0.137. The van der Waals surface area contributed by atoms with Crippen LogP contribution in [0.5, 0.6) is 34.5 Å². The Morgan fingerprint density at radius 1 is 0.493 bits per heavy atom. The van der Waals surface area contributed by atoms with E-state index in [0.29, 0.717) is 76.4 Å². The van der Waals surface area contributed by atoms with Gasteiger partial charge in [0.15, 0.2) is 34.5 Å². The van der Waals surface area contributed by atoms with E-state index >= 15 is 0 Å². The Labute approximate surface area is 463 Å². The number of carbonyl (C=O) groups excluding carboxylic acids is 3. The molecule has 17 heteroatoms. The van der Waals surface area contributed by atoms with E-state index in [9.17, 15) is 19.5 Å². The third kappa shape index (κ3) is 10.4. The minimum absolute atomic E-state index is 0. The molecule has 3 amide bonds. The fourth-order valence-electron chi connectivity index (χ4n) is 9.94. The number of hydrogen-bond donors (Lipinski definition) is 1. The van der Waals surface area contributed by atoms with Gasteiger partial charge in [0, 0.05) is 88.4 Å². The first-order valence-electron chi connectivity index (χ1n) is 24.2. The van der Waals surface area contributed by atoms with Gasteiger partial charge in [0.2, 0.25) is 0 Å². The van der Waals surface area contributed by atoms with Crippen LogP contribution in [0.25, 0.3) is 0 Å². The van der Waals surface area contributed by atoms with E-state index in [2.05, 4.69) is 60.2 Å². The van der Waals surface area contributed by atoms with Crippen LogP contribution in [-0.4, -0.2) is 103 Å². The number of amides is 3. The molecule has 0 bridgehead atoms. The molecule has 75 heavy (non-hydrogen) atoms. The number of nitrogens with zero attached hydrogens (tertiary/aromatic N) is 6. The zero-order valence-corrected chi connectivity index (χ0v) is 45.2. The summed E-state index contributed by atoms with van der Waals surface area (Å²) in [6, 6.07) is 33.4. The van der Waals surface area contributed by atoms with Crippen LogP contribution in [0.2, 0.25) is 0 Å². The van der Waals surface area contributed by atoms with Crippen LogP contribution in [0.4, 0.5) is 34.1 Å². The summed E-state index contributed by atoms with van der Waals surface area (Å²) in [5.41, 5.74) is 9.07. The van der Waals surface area contributed by atoms with Crippen LogP contribution in [0.1, 0.15) is 68.0 Å². The van der Waals surface area contributed by atoms with Crippen molar-refractivity contribution in [3.63, 3.8) is 0 Å². The molecule has 0 radical (unpaired) electrons. The molecule has 0 unspecified atom stereocenters. The number of carbonyl (C=O) groups is 3. The number of alkyl halides is 2. The van der Waals surface area contributed by atoms with Gasteiger partial charge in [-0.15, -0.1) is 0 Å². The SMILES string of the molecule is C.COc1cc2c(cc1O)N=C[C@@H]1Cc3ccccc3N1C2=O.COc1cc2c(cc1OCCCOc1cc3c(cc1OC)C(=O)N1c4ccccc4C[C@H]1C=N3)N=C[C@@H]1Cc3ccccc3N1C2=O.ICCCI. The van der Waals surface area contributed by atoms with Crippen LogP contribution in [0, 0.1) is 0 Å². The number of methoxy groups -OCH3 is 3. The van der Waals surface area contributed by atoms with Crippen LogP contribution in [0.3, 0.4) is 0 Å². The third-order valence-electron chi connectivity index (χ3n) is 13.5. The molecule has 0 aromatic heterocycles. The van der Waals surface area contributed by atoms with Gasteiger partial charge < -0.3 is 28.8 Å². The highest BCUT2D eigenvalue weighted by atomic mass is 127. The van der Waals surface area contributed by atoms with E-state index in [1.807, 2.05) is 95.0 Å². The highest BCUT2D eigenvalue weighted by Crippen LogP contribution is 2.44. The molecule has 6 aliphatic rings. The minimum Gasteiger partial charge on any atom is -0.504 e. The number of aliphatic imine (C=N–C) groups is 3. The largest absolute Gasteiger partial charge is 0.504 e. The van der Waals surface area contributed by atoms with E-state index in [-0.39, 0.29) is 54.8 Å². The fourth-order valence-corrected chi connectivity index (χ4v) is 12.2. The number of phenols is 1. The average molecular weight is 1230 g/mol. The molecular weight excluding hydrogens is 1180 g/mol. The molecule has 6 aromatic carbocycles. The van der Waals surface area contributed by atoms with Gasteiger partial charge in [0.25, 0.3) is 17.7 Å². The number of rotatable bonds is 11. The zero-order valence-electron chi connectivity index (χ0n) is 40.9. The molecule has 15 nitrogen and oxygen atoms in total. The predicted octanol–water partition coefficient (Wildman–Crippen LogP) is 11.7. The maximum atomic E-state index is 13.7. The molecule has 386 valence electrons. The van der Waals surface area contributed by atoms with Gasteiger partial charge >= 0.3 is 0 Å². The Morgan fingerprint density at radius 2 is 0.840 bits per heavy atom. The van der Waals surface area contributed by atoms with E-state index < -0.39 is 0 Å². The summed E-state index contributed by atoms with van der Waals surface area (Å²) in [7, 11) is 4.56. The van der Waals surface area contributed by atoms with Gasteiger partial charge in [-0.2, -0.15) is 0 Å². The Morgan fingerprint density at radius 3 is 1.19 bits per heavy atom. The smallest absolute Gasteiger partial charge is 0.261 e. The molecule has 6 aromatic rings. The normalized spacial score (nSPS) is 17.5. The number of hydrogen-bond acceptors (Lipinski definition) is 12. The third-order valence-corrected chi connectivity index (χ3v) is 15.0. The molecule has 6 heterocycles. The number of aromatic hydroxyl groups is 1. The molecule has 0 fully saturated rings. The number of phenolic OH excluding ortho intramolecular Hbond substituents is 1. The van der Waals surface area contributed by atoms with E-state index in [1.165, 1.54) is 28.5 Å². The quantitative estimate of drug-likeness (QED) is 0.0755. The number of fused-ring (bicyclic) bond motifs is 12. The highest BCUT2D eigenvalue weighted by molar-refractivity contribution is 14.1. The van der Waals surface area contributed by atoms with Crippen LogP contribution in [-0.2, 0) is 19.3 Å². The molecule has 0 spiro atoms. The summed E-state index contributed by atoms with van der Waals surface area (Å²) in [4.78, 5) is 59.4. The first kappa shape index (κ1) is 52.8. The van der Waals surface area contributed by atoms with E-state index in [4.69, 9.17) is 23.7 Å². The lowest BCUT2D eigenvalue weighted by molar-refractivity contribution is 0.0978. The maximum absolute atomic E-state index is 13.7. The van der Waals surface area contributed by atoms with Gasteiger partial charge in [0.05, 0.1) is 86.4 Å². The summed E-state index contributed by atoms with van der Waals surface area (Å²) in [6.45, 7) is 0.657. The average Bonchev–Trinajstić information content (AvgIpc) is 4.05. The topological polar surface area (TPSA) is 164 Å². The molecular formula is C58H56I2N6O9. The lowest BCUT2D eigenvalue weighted by Crippen LogP contribution is -2.37. The summed E-state index contributed by atoms with van der Waals surface area (Å²) in [5, 5.41) is 9.88. The first-order chi connectivity index (χ1) is 36.1. The molecule has 0 saturated carbocycles. The number of benzene rings is 6. The summed E-state index contributed by atoms with van der Waals surface area (Å²) in [6.07, 6.45) is 9.56. The Bertz CT molecular complexity index is 3110. The lowest BCUT2D eigenvalue weighted by atomic mass is 10.1. The van der Waals surface area contributed by atoms with E-state index in [1.54, 1.807) is 55.7 Å². The van der Waals surface area contributed by atoms with Gasteiger partial charge in [-0.3, -0.25) is 44.1 Å². The first-order valence-corrected chi connectivity index (χ1v) is 27.3. The van der Waals surface area contributed by atoms with Crippen molar-refractivity contribution in [2.45, 2.75) is 57.7 Å². The van der Waals surface area contributed by atoms with Gasteiger partial charge in [0.1, 0.15) is 0 Å². The number of halogens is 2. The second-order valence-electron chi connectivity index (χ2n) is 17.9. The highest BCUT2D eigenvalue weighted by Gasteiger charge is 2.39. The van der Waals surface area contributed by atoms with Crippen molar-refractivity contribution in [1.82, 2.24) is 0 Å². The number of anilines is 3. The van der Waals surface area contributed by atoms with Crippen molar-refractivity contribution < 1.29 is 43.2 Å². The van der Waals surface area contributed by atoms with Crippen molar-refractivity contribution in [3.05, 3.63) is 143 Å². The van der Waals surface area contributed by atoms with Crippen molar-refractivity contribution >= 4 is 116 Å². The summed E-state index contributed by atoms with van der Waals surface area (Å²) < 4.78 is 31.2. The van der Waals surface area contributed by atoms with Crippen molar-refractivity contribution in [2.75, 3.05) is 58.1 Å². The molecule has 12 rings (SSSR count). The van der Waals surface area contributed by atoms with Gasteiger partial charge in [-0.1, -0.05) is 107 Å². The molecule has 3 atom stereocenters. The fraction of sp³-hybridized carbons (Fsp3) is 0.276. The maximum Gasteiger partial charge on any atom is 0.261 e. The number of ether oxygens (including phenoxy) is 5. The second kappa shape index (κ2) is 23.3. The summed E-state index contributed by atoms with van der Waals surface area (Å²) >= 11 is 4.77.